The predicted molar refractivity (Wildman–Crippen MR) is 65.2 cm³/mol. The van der Waals surface area contributed by atoms with Crippen LogP contribution in [-0.2, 0) is 0 Å². The number of amides is 1. The van der Waals surface area contributed by atoms with Crippen LogP contribution < -0.4 is 5.32 Å². The van der Waals surface area contributed by atoms with Crippen molar-refractivity contribution in [3.63, 3.8) is 0 Å². The maximum Gasteiger partial charge on any atom is 0.340 e. The van der Waals surface area contributed by atoms with E-state index in [2.05, 4.69) is 9.69 Å². The van der Waals surface area contributed by atoms with Gasteiger partial charge in [-0.15, -0.1) is 0 Å². The number of carboxylic acid groups (broad SMARTS) is 1. The van der Waals surface area contributed by atoms with E-state index in [1.165, 1.54) is 12.3 Å². The molecule has 0 saturated carbocycles. The molecule has 2 N–H and O–H groups in total. The van der Waals surface area contributed by atoms with Crippen LogP contribution in [0, 0.1) is 13.8 Å². The Morgan fingerprint density at radius 2 is 2.17 bits per heavy atom. The molecule has 0 aliphatic heterocycles. The average Bonchev–Trinajstić information content (AvgIpc) is 2.85. The zero-order valence-electron chi connectivity index (χ0n) is 9.68. The third kappa shape index (κ3) is 2.12. The van der Waals surface area contributed by atoms with Crippen molar-refractivity contribution in [3.05, 3.63) is 34.9 Å². The first-order chi connectivity index (χ1) is 8.50. The Kier molecular flexibility index (Phi) is 3.15. The molecule has 7 heteroatoms. The summed E-state index contributed by atoms with van der Waals surface area (Å²) in [4.78, 5) is 22.9. The zero-order valence-corrected chi connectivity index (χ0v) is 10.5. The van der Waals surface area contributed by atoms with Gasteiger partial charge in [0.2, 0.25) is 0 Å². The number of aryl methyl sites for hydroxylation is 2. The minimum Gasteiger partial charge on any atom is -0.478 e. The lowest BCUT2D eigenvalue weighted by Crippen LogP contribution is -2.13. The molecule has 0 fully saturated rings. The van der Waals surface area contributed by atoms with Gasteiger partial charge >= 0.3 is 5.97 Å². The van der Waals surface area contributed by atoms with Crippen LogP contribution in [0.4, 0.5) is 5.00 Å². The number of carbonyl (C=O) groups is 2. The van der Waals surface area contributed by atoms with Gasteiger partial charge in [-0.05, 0) is 31.4 Å². The van der Waals surface area contributed by atoms with Gasteiger partial charge < -0.3 is 14.8 Å². The summed E-state index contributed by atoms with van der Waals surface area (Å²) in [7, 11) is 0. The number of aromatic carboxylic acids is 1. The molecule has 0 atom stereocenters. The quantitative estimate of drug-likeness (QED) is 0.889. The molecule has 0 aromatic carbocycles. The molecule has 2 aromatic heterocycles. The van der Waals surface area contributed by atoms with Crippen LogP contribution in [0.25, 0.3) is 0 Å². The van der Waals surface area contributed by atoms with E-state index in [0.29, 0.717) is 17.0 Å². The van der Waals surface area contributed by atoms with Gasteiger partial charge in [-0.1, -0.05) is 0 Å². The molecule has 2 rings (SSSR count). The highest BCUT2D eigenvalue weighted by molar-refractivity contribution is 7.11. The highest BCUT2D eigenvalue weighted by atomic mass is 32.1. The van der Waals surface area contributed by atoms with Gasteiger partial charge in [0.05, 0.1) is 17.5 Å². The molecule has 2 heterocycles. The second kappa shape index (κ2) is 4.61. The van der Waals surface area contributed by atoms with Gasteiger partial charge in [-0.25, -0.2) is 4.79 Å². The molecule has 0 radical (unpaired) electrons. The topological polar surface area (TPSA) is 92.4 Å². The SMILES string of the molecule is Cc1nsc(NC(=O)c2ccoc2C)c1C(=O)O. The Morgan fingerprint density at radius 3 is 2.72 bits per heavy atom. The fourth-order valence-corrected chi connectivity index (χ4v) is 2.28. The Bertz CT molecular complexity index is 614. The molecule has 18 heavy (non-hydrogen) atoms. The van der Waals surface area contributed by atoms with Crippen molar-refractivity contribution in [1.82, 2.24) is 4.37 Å². The van der Waals surface area contributed by atoms with Crippen molar-refractivity contribution in [1.29, 1.82) is 0 Å². The van der Waals surface area contributed by atoms with E-state index in [4.69, 9.17) is 9.52 Å². The molecule has 0 bridgehead atoms. The summed E-state index contributed by atoms with van der Waals surface area (Å²) in [6, 6.07) is 1.53. The van der Waals surface area contributed by atoms with E-state index >= 15 is 0 Å². The third-order valence-electron chi connectivity index (χ3n) is 2.41. The number of nitrogens with zero attached hydrogens (tertiary/aromatic N) is 1. The smallest absolute Gasteiger partial charge is 0.340 e. The summed E-state index contributed by atoms with van der Waals surface area (Å²) in [6.45, 7) is 3.24. The molecular formula is C11H10N2O4S. The van der Waals surface area contributed by atoms with E-state index in [9.17, 15) is 9.59 Å². The van der Waals surface area contributed by atoms with Gasteiger partial charge in [0.15, 0.2) is 0 Å². The Labute approximate surface area is 106 Å². The van der Waals surface area contributed by atoms with Crippen molar-refractivity contribution in [2.75, 3.05) is 5.32 Å². The van der Waals surface area contributed by atoms with Crippen molar-refractivity contribution in [2.24, 2.45) is 0 Å². The van der Waals surface area contributed by atoms with Gasteiger partial charge in [-0.3, -0.25) is 4.79 Å². The second-order valence-electron chi connectivity index (χ2n) is 3.62. The Hall–Kier alpha value is -2.15. The summed E-state index contributed by atoms with van der Waals surface area (Å²) >= 11 is 0.943. The molecule has 0 saturated heterocycles. The van der Waals surface area contributed by atoms with Crippen molar-refractivity contribution in [3.8, 4) is 0 Å². The van der Waals surface area contributed by atoms with Gasteiger partial charge in [0.25, 0.3) is 5.91 Å². The molecule has 0 unspecified atom stereocenters. The molecule has 2 aromatic rings. The Morgan fingerprint density at radius 1 is 1.44 bits per heavy atom. The number of nitrogens with one attached hydrogen (secondary N) is 1. The lowest BCUT2D eigenvalue weighted by molar-refractivity contribution is 0.0697. The maximum atomic E-state index is 11.9. The number of hydrogen-bond donors (Lipinski definition) is 2. The maximum absolute atomic E-state index is 11.9. The monoisotopic (exact) mass is 266 g/mol. The third-order valence-corrected chi connectivity index (χ3v) is 3.26. The van der Waals surface area contributed by atoms with Crippen LogP contribution in [0.1, 0.15) is 32.2 Å². The first kappa shape index (κ1) is 12.3. The number of carbonyl (C=O) groups excluding carboxylic acids is 1. The van der Waals surface area contributed by atoms with E-state index in [1.807, 2.05) is 0 Å². The number of hydrogen-bond acceptors (Lipinski definition) is 5. The van der Waals surface area contributed by atoms with Gasteiger partial charge in [-0.2, -0.15) is 4.37 Å². The molecule has 0 aliphatic carbocycles. The van der Waals surface area contributed by atoms with Crippen LogP contribution >= 0.6 is 11.5 Å². The van der Waals surface area contributed by atoms with Gasteiger partial charge in [0, 0.05) is 0 Å². The fraction of sp³-hybridized carbons (Fsp3) is 0.182. The predicted octanol–water partition coefficient (Wildman–Crippen LogP) is 2.30. The van der Waals surface area contributed by atoms with Crippen LogP contribution in [0.3, 0.4) is 0 Å². The highest BCUT2D eigenvalue weighted by Gasteiger charge is 2.20. The molecular weight excluding hydrogens is 256 g/mol. The van der Waals surface area contributed by atoms with Crippen LogP contribution in [0.2, 0.25) is 0 Å². The molecule has 6 nitrogen and oxygen atoms in total. The largest absolute Gasteiger partial charge is 0.478 e. The summed E-state index contributed by atoms with van der Waals surface area (Å²) < 4.78 is 8.93. The van der Waals surface area contributed by atoms with Gasteiger partial charge in [0.1, 0.15) is 16.3 Å². The number of anilines is 1. The number of aromatic nitrogens is 1. The van der Waals surface area contributed by atoms with E-state index in [0.717, 1.165) is 11.5 Å². The normalized spacial score (nSPS) is 10.3. The Balaban J connectivity index is 2.28. The standard InChI is InChI=1S/C11H10N2O4S/c1-5-8(11(15)16)10(18-13-5)12-9(14)7-3-4-17-6(7)2/h3-4H,1-2H3,(H,12,14)(H,15,16). The second-order valence-corrected chi connectivity index (χ2v) is 4.40. The lowest BCUT2D eigenvalue weighted by atomic mass is 10.2. The summed E-state index contributed by atoms with van der Waals surface area (Å²) in [5.41, 5.74) is 0.776. The van der Waals surface area contributed by atoms with E-state index in [1.54, 1.807) is 13.8 Å². The average molecular weight is 266 g/mol. The van der Waals surface area contributed by atoms with Crippen molar-refractivity contribution < 1.29 is 19.1 Å². The number of carboxylic acids is 1. The summed E-state index contributed by atoms with van der Waals surface area (Å²) in [5.74, 6) is -1.04. The lowest BCUT2D eigenvalue weighted by Gasteiger charge is -2.02. The summed E-state index contributed by atoms with van der Waals surface area (Å²) in [6.07, 6.45) is 1.40. The first-order valence-electron chi connectivity index (χ1n) is 5.05. The number of furan rings is 1. The fourth-order valence-electron chi connectivity index (χ4n) is 1.50. The van der Waals surface area contributed by atoms with E-state index < -0.39 is 11.9 Å². The van der Waals surface area contributed by atoms with Crippen molar-refractivity contribution >= 4 is 28.4 Å². The zero-order chi connectivity index (χ0) is 13.3. The minimum atomic E-state index is -1.11. The first-order valence-corrected chi connectivity index (χ1v) is 5.83. The van der Waals surface area contributed by atoms with E-state index in [-0.39, 0.29) is 10.6 Å². The molecule has 1 amide bonds. The molecule has 0 spiro atoms. The number of rotatable bonds is 3. The van der Waals surface area contributed by atoms with Crippen LogP contribution in [0.5, 0.6) is 0 Å². The molecule has 94 valence electrons. The van der Waals surface area contributed by atoms with Crippen LogP contribution in [-0.4, -0.2) is 21.4 Å². The minimum absolute atomic E-state index is 0.0227. The highest BCUT2D eigenvalue weighted by Crippen LogP contribution is 2.25. The van der Waals surface area contributed by atoms with Crippen molar-refractivity contribution in [2.45, 2.75) is 13.8 Å². The summed E-state index contributed by atoms with van der Waals surface area (Å²) in [5, 5.41) is 11.8. The molecule has 0 aliphatic rings. The van der Waals surface area contributed by atoms with Crippen LogP contribution in [0.15, 0.2) is 16.7 Å².